The van der Waals surface area contributed by atoms with Crippen molar-refractivity contribution in [3.63, 3.8) is 0 Å². The van der Waals surface area contributed by atoms with E-state index in [0.717, 1.165) is 5.56 Å². The lowest BCUT2D eigenvalue weighted by Gasteiger charge is -2.20. The van der Waals surface area contributed by atoms with Crippen molar-refractivity contribution in [2.75, 3.05) is 13.7 Å². The second-order valence-corrected chi connectivity index (χ2v) is 7.62. The van der Waals surface area contributed by atoms with E-state index >= 15 is 0 Å². The van der Waals surface area contributed by atoms with Crippen LogP contribution < -0.4 is 15.2 Å². The number of ether oxygens (including phenoxy) is 2. The number of nitrogens with zero attached hydrogens (tertiary/aromatic N) is 4. The number of aromatic nitrogens is 4. The Morgan fingerprint density at radius 1 is 1.21 bits per heavy atom. The number of carboxylic acids is 1. The van der Waals surface area contributed by atoms with Crippen molar-refractivity contribution in [3.8, 4) is 17.2 Å². The molecule has 1 aliphatic heterocycles. The van der Waals surface area contributed by atoms with Crippen LogP contribution in [-0.4, -0.2) is 43.7 Å². The van der Waals surface area contributed by atoms with Gasteiger partial charge in [0, 0.05) is 0 Å². The summed E-state index contributed by atoms with van der Waals surface area (Å²) in [5, 5.41) is 12.9. The fraction of sp³-hybridized carbons (Fsp3) is 0.227. The summed E-state index contributed by atoms with van der Waals surface area (Å²) in [6.45, 7) is 0.497. The lowest BCUT2D eigenvalue weighted by molar-refractivity contribution is -0.143. The van der Waals surface area contributed by atoms with Crippen LogP contribution in [0.2, 0.25) is 0 Å². The molecule has 176 valence electrons. The van der Waals surface area contributed by atoms with E-state index in [1.165, 1.54) is 21.3 Å². The fourth-order valence-electron chi connectivity index (χ4n) is 4.16. The molecule has 12 heteroatoms. The predicted octanol–water partition coefficient (Wildman–Crippen LogP) is 3.16. The molecule has 3 heterocycles. The summed E-state index contributed by atoms with van der Waals surface area (Å²) < 4.78 is 55.6. The first-order valence-electron chi connectivity index (χ1n) is 10.1. The van der Waals surface area contributed by atoms with Gasteiger partial charge in [0.25, 0.3) is 0 Å². The number of benzene rings is 2. The van der Waals surface area contributed by atoms with E-state index in [1.54, 1.807) is 19.2 Å². The van der Waals surface area contributed by atoms with Crippen LogP contribution in [0.4, 0.5) is 13.2 Å². The molecule has 0 bridgehead atoms. The number of carbonyl (C=O) groups is 1. The van der Waals surface area contributed by atoms with Crippen molar-refractivity contribution in [1.82, 2.24) is 18.9 Å². The average Bonchev–Trinajstić information content (AvgIpc) is 3.37. The number of hydrogen-bond acceptors (Lipinski definition) is 5. The molecular weight excluding hydrogens is 457 g/mol. The number of halogens is 3. The first kappa shape index (κ1) is 21.6. The second kappa shape index (κ2) is 7.68. The zero-order valence-corrected chi connectivity index (χ0v) is 17.7. The van der Waals surface area contributed by atoms with Crippen molar-refractivity contribution >= 4 is 17.0 Å². The van der Waals surface area contributed by atoms with Gasteiger partial charge < -0.3 is 14.6 Å². The van der Waals surface area contributed by atoms with Crippen molar-refractivity contribution in [1.29, 1.82) is 0 Å². The van der Waals surface area contributed by atoms with Gasteiger partial charge in [0.2, 0.25) is 0 Å². The highest BCUT2D eigenvalue weighted by Crippen LogP contribution is 2.39. The summed E-state index contributed by atoms with van der Waals surface area (Å²) in [5.41, 5.74) is -1.24. The van der Waals surface area contributed by atoms with Gasteiger partial charge >= 0.3 is 17.8 Å². The summed E-state index contributed by atoms with van der Waals surface area (Å²) in [6, 6.07) is 10.00. The highest BCUT2D eigenvalue weighted by atomic mass is 19.4. The van der Waals surface area contributed by atoms with E-state index in [2.05, 4.69) is 5.10 Å². The monoisotopic (exact) mass is 474 g/mol. The summed E-state index contributed by atoms with van der Waals surface area (Å²) in [4.78, 5) is 24.5. The lowest BCUT2D eigenvalue weighted by atomic mass is 10.2. The predicted molar refractivity (Wildman–Crippen MR) is 113 cm³/mol. The van der Waals surface area contributed by atoms with Crippen LogP contribution in [0.5, 0.6) is 11.5 Å². The van der Waals surface area contributed by atoms with Gasteiger partial charge in [-0.05, 0) is 29.8 Å². The van der Waals surface area contributed by atoms with E-state index in [0.29, 0.717) is 27.7 Å². The van der Waals surface area contributed by atoms with Crippen LogP contribution in [0.1, 0.15) is 21.6 Å². The molecule has 1 aliphatic rings. The minimum absolute atomic E-state index is 0.0277. The van der Waals surface area contributed by atoms with Crippen LogP contribution in [0, 0.1) is 0 Å². The number of methoxy groups -OCH3 is 1. The number of aromatic carboxylic acids is 1. The third kappa shape index (κ3) is 3.29. The fourth-order valence-corrected chi connectivity index (χ4v) is 4.16. The molecule has 5 rings (SSSR count). The molecule has 0 radical (unpaired) electrons. The maximum Gasteiger partial charge on any atom is 0.434 e. The highest BCUT2D eigenvalue weighted by molar-refractivity contribution is 5.90. The van der Waals surface area contributed by atoms with Crippen LogP contribution >= 0.6 is 0 Å². The minimum Gasteiger partial charge on any atom is -0.497 e. The molecule has 1 N–H and O–H groups in total. The molecule has 34 heavy (non-hydrogen) atoms. The standard InChI is InChI=1S/C22H17F3N4O5/c1-33-13-4-2-12(3-5-13)11-28-15-6-7-16(18-17(15)27(21(28)32)8-9-34-18)29-19(22(23,24)25)14(10-26-29)20(30)31/h2-7,10H,8-9,11H2,1H3,(H,30,31). The van der Waals surface area contributed by atoms with Gasteiger partial charge in [0.05, 0.1) is 31.9 Å². The molecule has 0 saturated carbocycles. The van der Waals surface area contributed by atoms with Crippen LogP contribution in [0.15, 0.2) is 47.4 Å². The van der Waals surface area contributed by atoms with E-state index < -0.39 is 23.4 Å². The maximum absolute atomic E-state index is 13.8. The third-order valence-corrected chi connectivity index (χ3v) is 5.67. The topological polar surface area (TPSA) is 101 Å². The molecule has 0 amide bonds. The molecule has 0 saturated heterocycles. The van der Waals surface area contributed by atoms with Gasteiger partial charge in [0.15, 0.2) is 11.4 Å². The van der Waals surface area contributed by atoms with Crippen LogP contribution in [-0.2, 0) is 19.3 Å². The Hall–Kier alpha value is -4.22. The zero-order valence-electron chi connectivity index (χ0n) is 17.7. The van der Waals surface area contributed by atoms with E-state index in [1.807, 2.05) is 12.1 Å². The van der Waals surface area contributed by atoms with Gasteiger partial charge in [-0.2, -0.15) is 18.3 Å². The van der Waals surface area contributed by atoms with Crippen LogP contribution in [0.25, 0.3) is 16.7 Å². The van der Waals surface area contributed by atoms with Crippen molar-refractivity contribution < 1.29 is 32.5 Å². The van der Waals surface area contributed by atoms with Crippen molar-refractivity contribution in [3.05, 3.63) is 69.9 Å². The molecule has 0 atom stereocenters. The van der Waals surface area contributed by atoms with Crippen molar-refractivity contribution in [2.45, 2.75) is 19.3 Å². The van der Waals surface area contributed by atoms with Gasteiger partial charge in [-0.15, -0.1) is 0 Å². The molecule has 0 spiro atoms. The first-order chi connectivity index (χ1) is 16.2. The maximum atomic E-state index is 13.8. The summed E-state index contributed by atoms with van der Waals surface area (Å²) in [6.07, 6.45) is -4.34. The van der Waals surface area contributed by atoms with Crippen molar-refractivity contribution in [2.24, 2.45) is 0 Å². The Morgan fingerprint density at radius 2 is 1.94 bits per heavy atom. The number of hydrogen-bond donors (Lipinski definition) is 1. The molecule has 4 aromatic rings. The smallest absolute Gasteiger partial charge is 0.434 e. The molecule has 2 aromatic carbocycles. The Kier molecular flexibility index (Phi) is 4.88. The zero-order chi connectivity index (χ0) is 24.2. The summed E-state index contributed by atoms with van der Waals surface area (Å²) >= 11 is 0. The normalized spacial score (nSPS) is 13.2. The Labute approximate surface area is 189 Å². The summed E-state index contributed by atoms with van der Waals surface area (Å²) in [7, 11) is 1.55. The molecule has 2 aromatic heterocycles. The largest absolute Gasteiger partial charge is 0.497 e. The van der Waals surface area contributed by atoms with E-state index in [9.17, 15) is 27.9 Å². The van der Waals surface area contributed by atoms with Crippen LogP contribution in [0.3, 0.4) is 0 Å². The van der Waals surface area contributed by atoms with E-state index in [-0.39, 0.29) is 36.8 Å². The summed E-state index contributed by atoms with van der Waals surface area (Å²) in [5.74, 6) is -1.06. The van der Waals surface area contributed by atoms with Gasteiger partial charge in [-0.25, -0.2) is 14.3 Å². The Bertz CT molecular complexity index is 1480. The quantitative estimate of drug-likeness (QED) is 0.477. The average molecular weight is 474 g/mol. The molecule has 9 nitrogen and oxygen atoms in total. The third-order valence-electron chi connectivity index (χ3n) is 5.67. The molecule has 0 aliphatic carbocycles. The van der Waals surface area contributed by atoms with Gasteiger partial charge in [-0.3, -0.25) is 9.13 Å². The first-order valence-corrected chi connectivity index (χ1v) is 10.1. The van der Waals surface area contributed by atoms with Gasteiger partial charge in [0.1, 0.15) is 29.1 Å². The molecule has 0 unspecified atom stereocenters. The minimum atomic E-state index is -4.99. The highest BCUT2D eigenvalue weighted by Gasteiger charge is 2.41. The number of alkyl halides is 3. The lowest BCUT2D eigenvalue weighted by Crippen LogP contribution is -2.28. The van der Waals surface area contributed by atoms with E-state index in [4.69, 9.17) is 9.47 Å². The Morgan fingerprint density at radius 3 is 2.59 bits per heavy atom. The van der Waals surface area contributed by atoms with Gasteiger partial charge in [-0.1, -0.05) is 12.1 Å². The Balaban J connectivity index is 1.70. The number of imidazole rings is 1. The number of carboxylic acid groups (broad SMARTS) is 1. The molecule has 0 fully saturated rings. The number of rotatable bonds is 5. The molecular formula is C22H17F3N4O5. The SMILES string of the molecule is COc1ccc(Cn2c(=O)n3c4c(c(-n5ncc(C(=O)O)c5C(F)(F)F)ccc42)OCC3)cc1. The second-order valence-electron chi connectivity index (χ2n) is 7.62.